The Morgan fingerprint density at radius 3 is 2.50 bits per heavy atom. The maximum absolute atomic E-state index is 12.1. The third-order valence-corrected chi connectivity index (χ3v) is 3.49. The van der Waals surface area contributed by atoms with Gasteiger partial charge in [-0.2, -0.15) is 0 Å². The average Bonchev–Trinajstić information content (AvgIpc) is 2.45. The van der Waals surface area contributed by atoms with Crippen molar-refractivity contribution in [2.75, 3.05) is 0 Å². The molecular weight excluding hydrogens is 316 g/mol. The van der Waals surface area contributed by atoms with Gasteiger partial charge in [0.05, 0.1) is 5.56 Å². The Balaban J connectivity index is 2.09. The van der Waals surface area contributed by atoms with Crippen LogP contribution in [-0.2, 0) is 11.3 Å². The molecule has 0 aliphatic rings. The second-order valence-electron chi connectivity index (χ2n) is 4.99. The van der Waals surface area contributed by atoms with Crippen LogP contribution in [0.3, 0.4) is 0 Å². The van der Waals surface area contributed by atoms with E-state index in [1.54, 1.807) is 6.07 Å². The average molecular weight is 333 g/mol. The number of hydrogen-bond donors (Lipinski definition) is 0. The molecule has 0 aliphatic carbocycles. The number of esters is 1. The lowest BCUT2D eigenvalue weighted by molar-refractivity contribution is 0.0472. The Bertz CT molecular complexity index is 591. The van der Waals surface area contributed by atoms with Crippen molar-refractivity contribution in [3.8, 4) is 0 Å². The largest absolute Gasteiger partial charge is 0.457 e. The van der Waals surface area contributed by atoms with Crippen molar-refractivity contribution in [3.05, 3.63) is 69.7 Å². The maximum atomic E-state index is 12.1. The highest BCUT2D eigenvalue weighted by atomic mass is 79.9. The van der Waals surface area contributed by atoms with Gasteiger partial charge < -0.3 is 4.74 Å². The molecule has 2 rings (SSSR count). The fourth-order valence-electron chi connectivity index (χ4n) is 1.87. The van der Waals surface area contributed by atoms with Gasteiger partial charge in [-0.1, -0.05) is 60.1 Å². The SMILES string of the molecule is CC(C)c1cc(Br)cc(C(=O)OCc2ccccc2)c1. The fraction of sp³-hybridized carbons (Fsp3) is 0.235. The highest BCUT2D eigenvalue weighted by molar-refractivity contribution is 9.10. The van der Waals surface area contributed by atoms with Crippen LogP contribution in [0.1, 0.15) is 41.3 Å². The Hall–Kier alpha value is -1.61. The minimum Gasteiger partial charge on any atom is -0.457 e. The normalized spacial score (nSPS) is 10.6. The Kier molecular flexibility index (Phi) is 4.96. The second kappa shape index (κ2) is 6.71. The monoisotopic (exact) mass is 332 g/mol. The van der Waals surface area contributed by atoms with Gasteiger partial charge in [-0.05, 0) is 35.2 Å². The zero-order valence-corrected chi connectivity index (χ0v) is 13.2. The molecule has 0 unspecified atom stereocenters. The van der Waals surface area contributed by atoms with Gasteiger partial charge in [-0.15, -0.1) is 0 Å². The van der Waals surface area contributed by atoms with Crippen LogP contribution < -0.4 is 0 Å². The molecular formula is C17H17BrO2. The van der Waals surface area contributed by atoms with Crippen LogP contribution in [-0.4, -0.2) is 5.97 Å². The molecule has 2 aromatic rings. The predicted molar refractivity (Wildman–Crippen MR) is 83.8 cm³/mol. The summed E-state index contributed by atoms with van der Waals surface area (Å²) >= 11 is 3.44. The molecule has 20 heavy (non-hydrogen) atoms. The summed E-state index contributed by atoms with van der Waals surface area (Å²) in [4.78, 5) is 12.1. The van der Waals surface area contributed by atoms with E-state index in [1.807, 2.05) is 42.5 Å². The number of carbonyl (C=O) groups is 1. The van der Waals surface area contributed by atoms with Gasteiger partial charge in [0.1, 0.15) is 6.61 Å². The van der Waals surface area contributed by atoms with Crippen molar-refractivity contribution in [3.63, 3.8) is 0 Å². The van der Waals surface area contributed by atoms with Crippen LogP contribution in [0, 0.1) is 0 Å². The van der Waals surface area contributed by atoms with E-state index in [-0.39, 0.29) is 5.97 Å². The van der Waals surface area contributed by atoms with Crippen LogP contribution in [0.2, 0.25) is 0 Å². The van der Waals surface area contributed by atoms with Gasteiger partial charge in [0.25, 0.3) is 0 Å². The van der Waals surface area contributed by atoms with Gasteiger partial charge in [-0.3, -0.25) is 0 Å². The van der Waals surface area contributed by atoms with Crippen LogP contribution in [0.15, 0.2) is 53.0 Å². The summed E-state index contributed by atoms with van der Waals surface area (Å²) in [5.74, 6) is 0.0743. The molecule has 0 heterocycles. The first-order chi connectivity index (χ1) is 9.56. The Labute approximate surface area is 127 Å². The fourth-order valence-corrected chi connectivity index (χ4v) is 2.38. The highest BCUT2D eigenvalue weighted by Crippen LogP contribution is 2.22. The Morgan fingerprint density at radius 1 is 1.15 bits per heavy atom. The van der Waals surface area contributed by atoms with Crippen molar-refractivity contribution in [1.82, 2.24) is 0 Å². The molecule has 104 valence electrons. The van der Waals surface area contributed by atoms with Crippen molar-refractivity contribution in [2.24, 2.45) is 0 Å². The molecule has 0 N–H and O–H groups in total. The standard InChI is InChI=1S/C17H17BrO2/c1-12(2)14-8-15(10-16(18)9-14)17(19)20-11-13-6-4-3-5-7-13/h3-10,12H,11H2,1-2H3. The molecule has 0 fully saturated rings. The molecule has 2 aromatic carbocycles. The van der Waals surface area contributed by atoms with Crippen LogP contribution in [0.4, 0.5) is 0 Å². The summed E-state index contributed by atoms with van der Waals surface area (Å²) in [5, 5.41) is 0. The van der Waals surface area contributed by atoms with E-state index in [9.17, 15) is 4.79 Å². The minimum atomic E-state index is -0.294. The maximum Gasteiger partial charge on any atom is 0.338 e. The van der Waals surface area contributed by atoms with E-state index < -0.39 is 0 Å². The number of halogens is 1. The summed E-state index contributed by atoms with van der Waals surface area (Å²) in [6.45, 7) is 4.49. The summed E-state index contributed by atoms with van der Waals surface area (Å²) in [6, 6.07) is 15.4. The number of rotatable bonds is 4. The van der Waals surface area contributed by atoms with Crippen LogP contribution in [0.5, 0.6) is 0 Å². The summed E-state index contributed by atoms with van der Waals surface area (Å²) < 4.78 is 6.24. The third-order valence-electron chi connectivity index (χ3n) is 3.04. The quantitative estimate of drug-likeness (QED) is 0.742. The molecule has 0 spiro atoms. The number of carbonyl (C=O) groups excluding carboxylic acids is 1. The van der Waals surface area contributed by atoms with Crippen molar-refractivity contribution < 1.29 is 9.53 Å². The van der Waals surface area contributed by atoms with Crippen molar-refractivity contribution in [2.45, 2.75) is 26.4 Å². The number of ether oxygens (including phenoxy) is 1. The summed E-state index contributed by atoms with van der Waals surface area (Å²) in [5.41, 5.74) is 2.69. The van der Waals surface area contributed by atoms with Crippen molar-refractivity contribution >= 4 is 21.9 Å². The molecule has 0 amide bonds. The molecule has 0 atom stereocenters. The smallest absolute Gasteiger partial charge is 0.338 e. The first-order valence-electron chi connectivity index (χ1n) is 6.58. The lowest BCUT2D eigenvalue weighted by Crippen LogP contribution is -2.06. The van der Waals surface area contributed by atoms with E-state index in [1.165, 1.54) is 0 Å². The second-order valence-corrected chi connectivity index (χ2v) is 5.91. The number of hydrogen-bond acceptors (Lipinski definition) is 2. The zero-order valence-electron chi connectivity index (χ0n) is 11.6. The molecule has 0 bridgehead atoms. The van der Waals surface area contributed by atoms with Crippen LogP contribution in [0.25, 0.3) is 0 Å². The first-order valence-corrected chi connectivity index (χ1v) is 7.37. The van der Waals surface area contributed by atoms with Crippen molar-refractivity contribution in [1.29, 1.82) is 0 Å². The van der Waals surface area contributed by atoms with Crippen LogP contribution >= 0.6 is 15.9 Å². The minimum absolute atomic E-state index is 0.294. The zero-order chi connectivity index (χ0) is 14.5. The van der Waals surface area contributed by atoms with Gasteiger partial charge in [0.2, 0.25) is 0 Å². The third kappa shape index (κ3) is 3.94. The van der Waals surface area contributed by atoms with E-state index >= 15 is 0 Å². The first kappa shape index (κ1) is 14.8. The van der Waals surface area contributed by atoms with Gasteiger partial charge >= 0.3 is 5.97 Å². The molecule has 0 aliphatic heterocycles. The summed E-state index contributed by atoms with van der Waals surface area (Å²) in [6.07, 6.45) is 0. The molecule has 0 saturated heterocycles. The lowest BCUT2D eigenvalue weighted by Gasteiger charge is -2.10. The number of benzene rings is 2. The van der Waals surface area contributed by atoms with E-state index in [2.05, 4.69) is 29.8 Å². The Morgan fingerprint density at radius 2 is 1.85 bits per heavy atom. The molecule has 0 saturated carbocycles. The molecule has 0 aromatic heterocycles. The van der Waals surface area contributed by atoms with E-state index in [4.69, 9.17) is 4.74 Å². The van der Waals surface area contributed by atoms with E-state index in [0.29, 0.717) is 18.1 Å². The van der Waals surface area contributed by atoms with Gasteiger partial charge in [-0.25, -0.2) is 4.79 Å². The highest BCUT2D eigenvalue weighted by Gasteiger charge is 2.11. The van der Waals surface area contributed by atoms with E-state index in [0.717, 1.165) is 15.6 Å². The molecule has 0 radical (unpaired) electrons. The lowest BCUT2D eigenvalue weighted by atomic mass is 10.0. The predicted octanol–water partition coefficient (Wildman–Crippen LogP) is 4.93. The molecule has 2 nitrogen and oxygen atoms in total. The van der Waals surface area contributed by atoms with Gasteiger partial charge in [0.15, 0.2) is 0 Å². The van der Waals surface area contributed by atoms with Gasteiger partial charge in [0, 0.05) is 4.47 Å². The molecule has 3 heteroatoms. The topological polar surface area (TPSA) is 26.3 Å². The summed E-state index contributed by atoms with van der Waals surface area (Å²) in [7, 11) is 0.